The van der Waals surface area contributed by atoms with Gasteiger partial charge in [-0.15, -0.1) is 0 Å². The van der Waals surface area contributed by atoms with Crippen molar-refractivity contribution in [2.24, 2.45) is 11.3 Å². The van der Waals surface area contributed by atoms with Crippen LogP contribution in [-0.2, 0) is 4.79 Å². The molecule has 0 spiro atoms. The molecule has 0 aliphatic carbocycles. The summed E-state index contributed by atoms with van der Waals surface area (Å²) in [6, 6.07) is 0. The maximum atomic E-state index is 11.8. The van der Waals surface area contributed by atoms with E-state index in [-0.39, 0.29) is 17.9 Å². The lowest BCUT2D eigenvalue weighted by Gasteiger charge is -2.27. The van der Waals surface area contributed by atoms with Gasteiger partial charge in [-0.05, 0) is 25.2 Å². The molecule has 0 atom stereocenters. The lowest BCUT2D eigenvalue weighted by atomic mass is 9.80. The first-order chi connectivity index (χ1) is 6.92. The maximum absolute atomic E-state index is 11.8. The zero-order valence-electron chi connectivity index (χ0n) is 10.5. The minimum Gasteiger partial charge on any atom is -0.396 e. The van der Waals surface area contributed by atoms with Crippen molar-refractivity contribution in [3.05, 3.63) is 0 Å². The molecule has 0 saturated heterocycles. The summed E-state index contributed by atoms with van der Waals surface area (Å²) < 4.78 is 0. The first-order valence-electron chi connectivity index (χ1n) is 5.82. The summed E-state index contributed by atoms with van der Waals surface area (Å²) in [6.45, 7) is 9.03. The van der Waals surface area contributed by atoms with Crippen molar-refractivity contribution in [2.75, 3.05) is 13.2 Å². The fourth-order valence-corrected chi connectivity index (χ4v) is 1.11. The zero-order valence-corrected chi connectivity index (χ0v) is 10.5. The van der Waals surface area contributed by atoms with Gasteiger partial charge in [0.1, 0.15) is 0 Å². The molecular formula is C12H25NO2. The highest BCUT2D eigenvalue weighted by molar-refractivity contribution is 5.81. The summed E-state index contributed by atoms with van der Waals surface area (Å²) in [5.74, 6) is 0.469. The van der Waals surface area contributed by atoms with E-state index in [0.717, 1.165) is 25.8 Å². The highest BCUT2D eigenvalue weighted by Gasteiger charge is 2.30. The van der Waals surface area contributed by atoms with E-state index < -0.39 is 0 Å². The van der Waals surface area contributed by atoms with Crippen LogP contribution in [0.1, 0.15) is 47.0 Å². The molecule has 15 heavy (non-hydrogen) atoms. The third-order valence-corrected chi connectivity index (χ3v) is 3.15. The van der Waals surface area contributed by atoms with E-state index in [9.17, 15) is 4.79 Å². The minimum absolute atomic E-state index is 0.126. The van der Waals surface area contributed by atoms with Crippen LogP contribution < -0.4 is 5.32 Å². The first-order valence-corrected chi connectivity index (χ1v) is 5.82. The van der Waals surface area contributed by atoms with Gasteiger partial charge in [-0.2, -0.15) is 0 Å². The highest BCUT2D eigenvalue weighted by atomic mass is 16.2. The van der Waals surface area contributed by atoms with E-state index >= 15 is 0 Å². The molecule has 0 rings (SSSR count). The monoisotopic (exact) mass is 215 g/mol. The van der Waals surface area contributed by atoms with E-state index in [4.69, 9.17) is 5.11 Å². The van der Waals surface area contributed by atoms with Crippen molar-refractivity contribution in [1.82, 2.24) is 5.32 Å². The van der Waals surface area contributed by atoms with Gasteiger partial charge >= 0.3 is 0 Å². The number of amides is 1. The van der Waals surface area contributed by atoms with Gasteiger partial charge in [0.25, 0.3) is 0 Å². The van der Waals surface area contributed by atoms with Crippen LogP contribution in [0.15, 0.2) is 0 Å². The van der Waals surface area contributed by atoms with Gasteiger partial charge in [0.2, 0.25) is 5.91 Å². The smallest absolute Gasteiger partial charge is 0.225 e. The van der Waals surface area contributed by atoms with Crippen molar-refractivity contribution in [2.45, 2.75) is 47.0 Å². The zero-order chi connectivity index (χ0) is 11.9. The molecule has 2 N–H and O–H groups in total. The van der Waals surface area contributed by atoms with Crippen LogP contribution in [0.4, 0.5) is 0 Å². The fraction of sp³-hybridized carbons (Fsp3) is 0.917. The number of hydrogen-bond acceptors (Lipinski definition) is 2. The number of hydrogen-bond donors (Lipinski definition) is 2. The molecule has 1 amide bonds. The van der Waals surface area contributed by atoms with Crippen molar-refractivity contribution >= 4 is 5.91 Å². The number of rotatable bonds is 7. The first kappa shape index (κ1) is 14.4. The van der Waals surface area contributed by atoms with E-state index in [1.165, 1.54) is 0 Å². The lowest BCUT2D eigenvalue weighted by molar-refractivity contribution is -0.131. The largest absolute Gasteiger partial charge is 0.396 e. The predicted octanol–water partition coefficient (Wildman–Crippen LogP) is 1.95. The molecule has 90 valence electrons. The molecule has 0 bridgehead atoms. The van der Waals surface area contributed by atoms with Crippen LogP contribution >= 0.6 is 0 Å². The van der Waals surface area contributed by atoms with Crippen LogP contribution in [0, 0.1) is 11.3 Å². The van der Waals surface area contributed by atoms with Gasteiger partial charge in [0, 0.05) is 18.6 Å². The van der Waals surface area contributed by atoms with Crippen molar-refractivity contribution < 1.29 is 9.90 Å². The summed E-state index contributed by atoms with van der Waals surface area (Å²) in [5.41, 5.74) is -0.295. The van der Waals surface area contributed by atoms with Gasteiger partial charge in [0.15, 0.2) is 0 Å². The quantitative estimate of drug-likeness (QED) is 0.638. The Morgan fingerprint density at radius 3 is 2.33 bits per heavy atom. The fourth-order valence-electron chi connectivity index (χ4n) is 1.11. The van der Waals surface area contributed by atoms with E-state index in [1.54, 1.807) is 0 Å². The number of carbonyl (C=O) groups excluding carboxylic acids is 1. The number of aliphatic hydroxyl groups excluding tert-OH is 1. The average Bonchev–Trinajstić information content (AvgIpc) is 2.16. The van der Waals surface area contributed by atoms with Crippen LogP contribution in [0.25, 0.3) is 0 Å². The Kier molecular flexibility index (Phi) is 6.57. The second-order valence-electron chi connectivity index (χ2n) is 4.92. The molecule has 0 heterocycles. The van der Waals surface area contributed by atoms with Gasteiger partial charge in [0.05, 0.1) is 0 Å². The minimum atomic E-state index is -0.295. The SMILES string of the molecule is CC(C)C(C)(C)C(=O)NCCCCCO. The van der Waals surface area contributed by atoms with E-state index in [1.807, 2.05) is 13.8 Å². The molecule has 0 aliphatic rings. The Hall–Kier alpha value is -0.570. The Labute approximate surface area is 93.3 Å². The topological polar surface area (TPSA) is 49.3 Å². The standard InChI is InChI=1S/C12H25NO2/c1-10(2)12(3,4)11(15)13-8-6-5-7-9-14/h10,14H,5-9H2,1-4H3,(H,13,15). The van der Waals surface area contributed by atoms with Gasteiger partial charge in [-0.25, -0.2) is 0 Å². The van der Waals surface area contributed by atoms with Crippen LogP contribution in [0.3, 0.4) is 0 Å². The second-order valence-corrected chi connectivity index (χ2v) is 4.92. The molecule has 0 saturated carbocycles. The molecule has 0 radical (unpaired) electrons. The van der Waals surface area contributed by atoms with Gasteiger partial charge in [-0.3, -0.25) is 4.79 Å². The average molecular weight is 215 g/mol. The molecule has 3 nitrogen and oxygen atoms in total. The predicted molar refractivity (Wildman–Crippen MR) is 62.6 cm³/mol. The van der Waals surface area contributed by atoms with Crippen molar-refractivity contribution in [3.8, 4) is 0 Å². The van der Waals surface area contributed by atoms with Crippen LogP contribution in [-0.4, -0.2) is 24.2 Å². The van der Waals surface area contributed by atoms with Crippen LogP contribution in [0.5, 0.6) is 0 Å². The molecule has 3 heteroatoms. The van der Waals surface area contributed by atoms with Gasteiger partial charge in [-0.1, -0.05) is 27.7 Å². The Morgan fingerprint density at radius 2 is 1.87 bits per heavy atom. The van der Waals surface area contributed by atoms with E-state index in [0.29, 0.717) is 5.92 Å². The van der Waals surface area contributed by atoms with Crippen molar-refractivity contribution in [1.29, 1.82) is 0 Å². The van der Waals surface area contributed by atoms with Gasteiger partial charge < -0.3 is 10.4 Å². The maximum Gasteiger partial charge on any atom is 0.225 e. The summed E-state index contributed by atoms with van der Waals surface area (Å²) >= 11 is 0. The number of carbonyl (C=O) groups is 1. The molecular weight excluding hydrogens is 190 g/mol. The number of unbranched alkanes of at least 4 members (excludes halogenated alkanes) is 2. The summed E-state index contributed by atoms with van der Waals surface area (Å²) in [6.07, 6.45) is 2.74. The van der Waals surface area contributed by atoms with Crippen LogP contribution in [0.2, 0.25) is 0 Å². The van der Waals surface area contributed by atoms with E-state index in [2.05, 4.69) is 19.2 Å². The Balaban J connectivity index is 3.74. The van der Waals surface area contributed by atoms with Crippen molar-refractivity contribution in [3.63, 3.8) is 0 Å². The molecule has 0 unspecified atom stereocenters. The molecule has 0 aromatic carbocycles. The Bertz CT molecular complexity index is 188. The molecule has 0 fully saturated rings. The number of nitrogens with one attached hydrogen (secondary N) is 1. The molecule has 0 aromatic heterocycles. The summed E-state index contributed by atoms with van der Waals surface area (Å²) in [7, 11) is 0. The lowest BCUT2D eigenvalue weighted by Crippen LogP contribution is -2.40. The second kappa shape index (κ2) is 6.83. The molecule has 0 aliphatic heterocycles. The normalized spacial score (nSPS) is 11.9. The Morgan fingerprint density at radius 1 is 1.27 bits per heavy atom. The highest BCUT2D eigenvalue weighted by Crippen LogP contribution is 2.25. The number of aliphatic hydroxyl groups is 1. The third kappa shape index (κ3) is 5.17. The summed E-state index contributed by atoms with van der Waals surface area (Å²) in [4.78, 5) is 11.8. The third-order valence-electron chi connectivity index (χ3n) is 3.15. The molecule has 0 aromatic rings. The summed E-state index contributed by atoms with van der Waals surface area (Å²) in [5, 5.41) is 11.5.